The first-order valence-corrected chi connectivity index (χ1v) is 11.0. The van der Waals surface area contributed by atoms with Gasteiger partial charge < -0.3 is 14.2 Å². The largest absolute Gasteiger partial charge is 0.493 e. The van der Waals surface area contributed by atoms with Crippen molar-refractivity contribution < 1.29 is 19.0 Å². The van der Waals surface area contributed by atoms with Crippen molar-refractivity contribution >= 4 is 40.2 Å². The third kappa shape index (κ3) is 5.11. The third-order valence-corrected chi connectivity index (χ3v) is 6.16. The highest BCUT2D eigenvalue weighted by Gasteiger charge is 2.18. The zero-order valence-corrected chi connectivity index (χ0v) is 17.8. The lowest BCUT2D eigenvalue weighted by molar-refractivity contribution is -0.111. The number of thioether (sulfide) groups is 1. The summed E-state index contributed by atoms with van der Waals surface area (Å²) >= 11 is 2.93. The number of aromatic nitrogens is 2. The number of nitrogens with one attached hydrogen (secondary N) is 1. The molecule has 0 fully saturated rings. The van der Waals surface area contributed by atoms with Crippen molar-refractivity contribution in [2.45, 2.75) is 10.1 Å². The Kier molecular flexibility index (Phi) is 6.50. The Morgan fingerprint density at radius 1 is 1.23 bits per heavy atom. The van der Waals surface area contributed by atoms with Crippen LogP contribution in [0.2, 0.25) is 0 Å². The molecule has 2 heterocycles. The Bertz CT molecular complexity index is 1040. The maximum Gasteiger partial charge on any atom is 0.250 e. The van der Waals surface area contributed by atoms with Crippen LogP contribution in [0.15, 0.2) is 52.9 Å². The molecule has 1 aliphatic heterocycles. The summed E-state index contributed by atoms with van der Waals surface area (Å²) < 4.78 is 17.4. The number of carbonyl (C=O) groups is 1. The zero-order valence-electron chi connectivity index (χ0n) is 16.2. The van der Waals surface area contributed by atoms with E-state index in [0.29, 0.717) is 35.6 Å². The highest BCUT2D eigenvalue weighted by atomic mass is 32.2. The van der Waals surface area contributed by atoms with Crippen LogP contribution in [-0.2, 0) is 10.5 Å². The van der Waals surface area contributed by atoms with E-state index in [1.54, 1.807) is 31.0 Å². The molecule has 1 aliphatic rings. The summed E-state index contributed by atoms with van der Waals surface area (Å²) in [5.41, 5.74) is 1.98. The van der Waals surface area contributed by atoms with Crippen molar-refractivity contribution in [2.24, 2.45) is 0 Å². The molecule has 9 heteroatoms. The van der Waals surface area contributed by atoms with Crippen LogP contribution in [-0.4, -0.2) is 36.4 Å². The smallest absolute Gasteiger partial charge is 0.250 e. The fourth-order valence-corrected chi connectivity index (χ4v) is 4.46. The van der Waals surface area contributed by atoms with Crippen molar-refractivity contribution in [2.75, 3.05) is 25.6 Å². The Morgan fingerprint density at radius 3 is 2.90 bits per heavy atom. The molecule has 2 aromatic carbocycles. The van der Waals surface area contributed by atoms with Crippen molar-refractivity contribution in [1.29, 1.82) is 0 Å². The fraction of sp³-hybridized carbons (Fsp3) is 0.190. The third-order valence-electron chi connectivity index (χ3n) is 4.12. The standard InChI is InChI=1S/C21H19N3O4S2/c1-26-16-11-15(12-17-19(16)28-10-9-27-17)7-8-18(25)22-20-23-24-21(30-20)29-13-14-5-3-2-4-6-14/h2-8,11-12H,9-10,13H2,1H3,(H,22,23,25)/b8-7+. The van der Waals surface area contributed by atoms with Crippen LogP contribution in [0.3, 0.4) is 0 Å². The molecule has 4 rings (SSSR count). The van der Waals surface area contributed by atoms with E-state index in [-0.39, 0.29) is 5.91 Å². The maximum atomic E-state index is 12.3. The highest BCUT2D eigenvalue weighted by Crippen LogP contribution is 2.40. The second-order valence-corrected chi connectivity index (χ2v) is 8.42. The average Bonchev–Trinajstić information content (AvgIpc) is 3.23. The SMILES string of the molecule is COc1cc(/C=C/C(=O)Nc2nnc(SCc3ccccc3)s2)cc2c1OCCO2. The summed E-state index contributed by atoms with van der Waals surface area (Å²) in [5, 5.41) is 11.4. The number of nitrogens with zero attached hydrogens (tertiary/aromatic N) is 2. The molecule has 0 radical (unpaired) electrons. The topological polar surface area (TPSA) is 82.6 Å². The summed E-state index contributed by atoms with van der Waals surface area (Å²) in [6.07, 6.45) is 3.12. The van der Waals surface area contributed by atoms with Gasteiger partial charge in [0.15, 0.2) is 15.8 Å². The maximum absolute atomic E-state index is 12.3. The highest BCUT2D eigenvalue weighted by molar-refractivity contribution is 8.00. The number of amides is 1. The molecule has 1 amide bonds. The summed E-state index contributed by atoms with van der Waals surface area (Å²) in [6.45, 7) is 0.958. The summed E-state index contributed by atoms with van der Waals surface area (Å²) in [7, 11) is 1.57. The van der Waals surface area contributed by atoms with Crippen LogP contribution < -0.4 is 19.5 Å². The van der Waals surface area contributed by atoms with Gasteiger partial charge in [0, 0.05) is 11.8 Å². The van der Waals surface area contributed by atoms with Crippen molar-refractivity contribution in [3.63, 3.8) is 0 Å². The minimum Gasteiger partial charge on any atom is -0.493 e. The van der Waals surface area contributed by atoms with Gasteiger partial charge in [0.25, 0.3) is 0 Å². The number of hydrogen-bond donors (Lipinski definition) is 1. The normalized spacial score (nSPS) is 12.7. The minimum absolute atomic E-state index is 0.292. The Hall–Kier alpha value is -3.04. The molecule has 0 atom stereocenters. The van der Waals surface area contributed by atoms with Gasteiger partial charge in [0.05, 0.1) is 7.11 Å². The second kappa shape index (κ2) is 9.64. The predicted molar refractivity (Wildman–Crippen MR) is 118 cm³/mol. The van der Waals surface area contributed by atoms with Gasteiger partial charge in [-0.1, -0.05) is 53.4 Å². The monoisotopic (exact) mass is 441 g/mol. The predicted octanol–water partition coefficient (Wildman–Crippen LogP) is 4.26. The van der Waals surface area contributed by atoms with Crippen LogP contribution in [0.25, 0.3) is 6.08 Å². The molecule has 30 heavy (non-hydrogen) atoms. The minimum atomic E-state index is -0.292. The van der Waals surface area contributed by atoms with E-state index in [1.165, 1.54) is 23.0 Å². The molecule has 7 nitrogen and oxygen atoms in total. The van der Waals surface area contributed by atoms with E-state index >= 15 is 0 Å². The average molecular weight is 442 g/mol. The van der Waals surface area contributed by atoms with Crippen LogP contribution in [0.4, 0.5) is 5.13 Å². The van der Waals surface area contributed by atoms with E-state index in [9.17, 15) is 4.79 Å². The van der Waals surface area contributed by atoms with E-state index < -0.39 is 0 Å². The molecule has 0 saturated carbocycles. The number of benzene rings is 2. The Morgan fingerprint density at radius 2 is 2.07 bits per heavy atom. The van der Waals surface area contributed by atoms with Gasteiger partial charge in [-0.25, -0.2) is 0 Å². The van der Waals surface area contributed by atoms with Crippen LogP contribution in [0, 0.1) is 0 Å². The molecule has 3 aromatic rings. The van der Waals surface area contributed by atoms with Crippen molar-refractivity contribution in [3.05, 3.63) is 59.7 Å². The molecule has 0 aliphatic carbocycles. The summed E-state index contributed by atoms with van der Waals surface area (Å²) in [6, 6.07) is 13.7. The second-order valence-electron chi connectivity index (χ2n) is 6.22. The first kappa shape index (κ1) is 20.2. The summed E-state index contributed by atoms with van der Waals surface area (Å²) in [5.74, 6) is 2.26. The molecular formula is C21H19N3O4S2. The van der Waals surface area contributed by atoms with E-state index in [2.05, 4.69) is 27.6 Å². The molecule has 0 unspecified atom stereocenters. The molecule has 0 saturated heterocycles. The molecular weight excluding hydrogens is 422 g/mol. The van der Waals surface area contributed by atoms with E-state index in [4.69, 9.17) is 14.2 Å². The molecule has 1 N–H and O–H groups in total. The van der Waals surface area contributed by atoms with Gasteiger partial charge in [-0.2, -0.15) is 0 Å². The number of hydrogen-bond acceptors (Lipinski definition) is 8. The van der Waals surface area contributed by atoms with E-state index in [1.807, 2.05) is 24.3 Å². The first-order valence-electron chi connectivity index (χ1n) is 9.18. The molecule has 1 aromatic heterocycles. The lowest BCUT2D eigenvalue weighted by atomic mass is 10.1. The molecule has 0 bridgehead atoms. The molecule has 154 valence electrons. The number of anilines is 1. The summed E-state index contributed by atoms with van der Waals surface area (Å²) in [4.78, 5) is 12.3. The number of fused-ring (bicyclic) bond motifs is 1. The molecule has 0 spiro atoms. The van der Waals surface area contributed by atoms with Gasteiger partial charge in [-0.15, -0.1) is 10.2 Å². The van der Waals surface area contributed by atoms with Crippen LogP contribution >= 0.6 is 23.1 Å². The number of carbonyl (C=O) groups excluding carboxylic acids is 1. The van der Waals surface area contributed by atoms with Gasteiger partial charge in [-0.05, 0) is 29.3 Å². The first-order chi connectivity index (χ1) is 14.7. The quantitative estimate of drug-likeness (QED) is 0.333. The van der Waals surface area contributed by atoms with Gasteiger partial charge in [0.1, 0.15) is 13.2 Å². The van der Waals surface area contributed by atoms with Gasteiger partial charge >= 0.3 is 0 Å². The van der Waals surface area contributed by atoms with Gasteiger partial charge in [-0.3, -0.25) is 10.1 Å². The Labute approximate surface area is 182 Å². The number of rotatable bonds is 7. The number of ether oxygens (including phenoxy) is 3. The lowest BCUT2D eigenvalue weighted by Crippen LogP contribution is -2.16. The zero-order chi connectivity index (χ0) is 20.8. The number of methoxy groups -OCH3 is 1. The van der Waals surface area contributed by atoms with Crippen LogP contribution in [0.5, 0.6) is 17.2 Å². The van der Waals surface area contributed by atoms with Crippen molar-refractivity contribution in [3.8, 4) is 17.2 Å². The van der Waals surface area contributed by atoms with E-state index in [0.717, 1.165) is 15.7 Å². The van der Waals surface area contributed by atoms with Crippen molar-refractivity contribution in [1.82, 2.24) is 10.2 Å². The lowest BCUT2D eigenvalue weighted by Gasteiger charge is -2.20. The fourth-order valence-electron chi connectivity index (χ4n) is 2.75. The van der Waals surface area contributed by atoms with Gasteiger partial charge in [0.2, 0.25) is 16.8 Å². The van der Waals surface area contributed by atoms with Crippen LogP contribution in [0.1, 0.15) is 11.1 Å². The Balaban J connectivity index is 1.36.